The first kappa shape index (κ1) is 15.3. The molecule has 0 saturated heterocycles. The lowest BCUT2D eigenvalue weighted by molar-refractivity contribution is -0.0498. The molecule has 4 heteroatoms. The van der Waals surface area contributed by atoms with Crippen LogP contribution in [0.3, 0.4) is 0 Å². The highest BCUT2D eigenvalue weighted by Crippen LogP contribution is 2.40. The minimum absolute atomic E-state index is 0.00389. The zero-order chi connectivity index (χ0) is 13.6. The summed E-state index contributed by atoms with van der Waals surface area (Å²) in [5, 5.41) is 0. The van der Waals surface area contributed by atoms with Gasteiger partial charge in [0, 0.05) is 31.5 Å². The Labute approximate surface area is 108 Å². The number of alkyl halides is 2. The molecule has 1 saturated carbocycles. The third-order valence-corrected chi connectivity index (χ3v) is 3.77. The average Bonchev–Trinajstić information content (AvgIpc) is 2.35. The first-order valence-electron chi connectivity index (χ1n) is 6.78. The Morgan fingerprint density at radius 3 is 2.50 bits per heavy atom. The van der Waals surface area contributed by atoms with Gasteiger partial charge in [0.1, 0.15) is 0 Å². The fourth-order valence-corrected chi connectivity index (χ4v) is 2.65. The molecular weight excluding hydrogens is 234 g/mol. The third kappa shape index (κ3) is 4.16. The van der Waals surface area contributed by atoms with Crippen LogP contribution in [0.25, 0.3) is 0 Å². The Bertz CT molecular complexity index is 301. The van der Waals surface area contributed by atoms with Crippen LogP contribution in [-0.4, -0.2) is 25.2 Å². The van der Waals surface area contributed by atoms with E-state index in [0.29, 0.717) is 19.4 Å². The predicted octanol–water partition coefficient (Wildman–Crippen LogP) is 3.42. The van der Waals surface area contributed by atoms with Crippen molar-refractivity contribution in [2.24, 2.45) is 22.6 Å². The van der Waals surface area contributed by atoms with Crippen LogP contribution in [0.2, 0.25) is 0 Å². The van der Waals surface area contributed by atoms with Gasteiger partial charge in [-0.05, 0) is 44.7 Å². The molecule has 1 rings (SSSR count). The predicted molar refractivity (Wildman–Crippen MR) is 72.2 cm³/mol. The first-order chi connectivity index (χ1) is 8.54. The SMILES string of the molecule is CC=C(C=NCC)C(CN)C1CCC(F)(F)CC1. The van der Waals surface area contributed by atoms with Crippen molar-refractivity contribution in [2.75, 3.05) is 13.1 Å². The number of hydrogen-bond donors (Lipinski definition) is 1. The quantitative estimate of drug-likeness (QED) is 0.754. The molecule has 0 aromatic carbocycles. The van der Waals surface area contributed by atoms with E-state index in [1.165, 1.54) is 0 Å². The highest BCUT2D eigenvalue weighted by molar-refractivity contribution is 5.79. The number of hydrogen-bond acceptors (Lipinski definition) is 2. The molecule has 1 atom stereocenters. The van der Waals surface area contributed by atoms with E-state index >= 15 is 0 Å². The van der Waals surface area contributed by atoms with Gasteiger partial charge in [0.05, 0.1) is 0 Å². The van der Waals surface area contributed by atoms with Crippen molar-refractivity contribution in [1.29, 1.82) is 0 Å². The molecule has 1 aliphatic rings. The molecular formula is C14H24F2N2. The average molecular weight is 258 g/mol. The van der Waals surface area contributed by atoms with Crippen molar-refractivity contribution >= 4 is 6.21 Å². The maximum Gasteiger partial charge on any atom is 0.248 e. The lowest BCUT2D eigenvalue weighted by Crippen LogP contribution is -2.33. The number of aliphatic imine (C=N–C) groups is 1. The molecule has 0 bridgehead atoms. The second kappa shape index (κ2) is 6.98. The molecule has 0 heterocycles. The minimum Gasteiger partial charge on any atom is -0.330 e. The van der Waals surface area contributed by atoms with E-state index in [9.17, 15) is 8.78 Å². The summed E-state index contributed by atoms with van der Waals surface area (Å²) in [6, 6.07) is 0. The molecule has 0 spiro atoms. The van der Waals surface area contributed by atoms with Crippen LogP contribution in [0.5, 0.6) is 0 Å². The van der Waals surface area contributed by atoms with Gasteiger partial charge in [0.2, 0.25) is 5.92 Å². The summed E-state index contributed by atoms with van der Waals surface area (Å²) in [5.74, 6) is -2.03. The minimum atomic E-state index is -2.47. The maximum atomic E-state index is 13.2. The van der Waals surface area contributed by atoms with Crippen LogP contribution in [0, 0.1) is 11.8 Å². The Kier molecular flexibility index (Phi) is 5.93. The van der Waals surface area contributed by atoms with Crippen LogP contribution >= 0.6 is 0 Å². The van der Waals surface area contributed by atoms with E-state index < -0.39 is 5.92 Å². The summed E-state index contributed by atoms with van der Waals surface area (Å²) in [4.78, 5) is 4.24. The van der Waals surface area contributed by atoms with Crippen molar-refractivity contribution in [1.82, 2.24) is 0 Å². The fraction of sp³-hybridized carbons (Fsp3) is 0.786. The monoisotopic (exact) mass is 258 g/mol. The van der Waals surface area contributed by atoms with E-state index in [2.05, 4.69) is 4.99 Å². The summed E-state index contributed by atoms with van der Waals surface area (Å²) < 4.78 is 26.3. The highest BCUT2D eigenvalue weighted by Gasteiger charge is 2.37. The normalized spacial score (nSPS) is 23.5. The van der Waals surface area contributed by atoms with Gasteiger partial charge in [-0.15, -0.1) is 0 Å². The highest BCUT2D eigenvalue weighted by atomic mass is 19.3. The lowest BCUT2D eigenvalue weighted by Gasteiger charge is -2.33. The number of halogens is 2. The van der Waals surface area contributed by atoms with E-state index in [1.807, 2.05) is 26.1 Å². The van der Waals surface area contributed by atoms with Crippen LogP contribution in [-0.2, 0) is 0 Å². The van der Waals surface area contributed by atoms with Crippen LogP contribution in [0.1, 0.15) is 39.5 Å². The molecule has 104 valence electrons. The second-order valence-electron chi connectivity index (χ2n) is 4.95. The summed E-state index contributed by atoms with van der Waals surface area (Å²) in [5.41, 5.74) is 6.92. The van der Waals surface area contributed by atoms with Gasteiger partial charge in [-0.25, -0.2) is 8.78 Å². The van der Waals surface area contributed by atoms with Gasteiger partial charge >= 0.3 is 0 Å². The lowest BCUT2D eigenvalue weighted by atomic mass is 9.75. The summed E-state index contributed by atoms with van der Waals surface area (Å²) >= 11 is 0. The second-order valence-corrected chi connectivity index (χ2v) is 4.95. The van der Waals surface area contributed by atoms with Crippen LogP contribution < -0.4 is 5.73 Å². The van der Waals surface area contributed by atoms with Crippen molar-refractivity contribution in [3.8, 4) is 0 Å². The molecule has 1 unspecified atom stereocenters. The molecule has 0 amide bonds. The summed E-state index contributed by atoms with van der Waals surface area (Å²) in [7, 11) is 0. The number of allylic oxidation sites excluding steroid dienone is 1. The molecule has 18 heavy (non-hydrogen) atoms. The van der Waals surface area contributed by atoms with E-state index in [-0.39, 0.29) is 24.7 Å². The van der Waals surface area contributed by atoms with Crippen LogP contribution in [0.15, 0.2) is 16.6 Å². The molecule has 0 aromatic heterocycles. The molecule has 1 aliphatic carbocycles. The van der Waals surface area contributed by atoms with Gasteiger partial charge in [-0.1, -0.05) is 6.08 Å². The zero-order valence-electron chi connectivity index (χ0n) is 11.3. The molecule has 2 nitrogen and oxygen atoms in total. The molecule has 1 fully saturated rings. The van der Waals surface area contributed by atoms with Gasteiger partial charge in [-0.2, -0.15) is 0 Å². The fourth-order valence-electron chi connectivity index (χ4n) is 2.65. The van der Waals surface area contributed by atoms with Gasteiger partial charge in [0.15, 0.2) is 0 Å². The number of nitrogens with two attached hydrogens (primary N) is 1. The molecule has 0 aliphatic heterocycles. The molecule has 0 radical (unpaired) electrons. The molecule has 2 N–H and O–H groups in total. The number of rotatable bonds is 5. The van der Waals surface area contributed by atoms with Crippen LogP contribution in [0.4, 0.5) is 8.78 Å². The topological polar surface area (TPSA) is 38.4 Å². The zero-order valence-corrected chi connectivity index (χ0v) is 11.3. The van der Waals surface area contributed by atoms with Gasteiger partial charge in [0.25, 0.3) is 0 Å². The first-order valence-corrected chi connectivity index (χ1v) is 6.78. The van der Waals surface area contributed by atoms with Crippen molar-refractivity contribution in [3.63, 3.8) is 0 Å². The smallest absolute Gasteiger partial charge is 0.248 e. The summed E-state index contributed by atoms with van der Waals surface area (Å²) in [6.45, 7) is 5.17. The van der Waals surface area contributed by atoms with Crippen molar-refractivity contribution in [2.45, 2.75) is 45.5 Å². The van der Waals surface area contributed by atoms with Gasteiger partial charge < -0.3 is 5.73 Å². The third-order valence-electron chi connectivity index (χ3n) is 3.77. The van der Waals surface area contributed by atoms with E-state index in [1.54, 1.807) is 0 Å². The largest absolute Gasteiger partial charge is 0.330 e. The van der Waals surface area contributed by atoms with Gasteiger partial charge in [-0.3, -0.25) is 4.99 Å². The van der Waals surface area contributed by atoms with E-state index in [0.717, 1.165) is 12.1 Å². The van der Waals surface area contributed by atoms with Crippen molar-refractivity contribution in [3.05, 3.63) is 11.6 Å². The Morgan fingerprint density at radius 1 is 1.44 bits per heavy atom. The Morgan fingerprint density at radius 2 is 2.06 bits per heavy atom. The maximum absolute atomic E-state index is 13.2. The standard InChI is InChI=1S/C14H24F2N2/c1-3-11(10-18-4-2)13(9-17)12-5-7-14(15,16)8-6-12/h3,10,12-13H,4-9,17H2,1-2H3. The molecule has 0 aromatic rings. The Balaban J connectivity index is 2.69. The number of nitrogens with zero attached hydrogens (tertiary/aromatic N) is 1. The summed E-state index contributed by atoms with van der Waals surface area (Å²) in [6.07, 6.45) is 4.97. The van der Waals surface area contributed by atoms with Crippen molar-refractivity contribution < 1.29 is 8.78 Å². The van der Waals surface area contributed by atoms with E-state index in [4.69, 9.17) is 5.73 Å². The Hall–Kier alpha value is -0.770.